The smallest absolute Gasteiger partial charge is 0.0277 e. The quantitative estimate of drug-likeness (QED) is 0.518. The molecule has 0 saturated carbocycles. The molecule has 0 heterocycles. The van der Waals surface area contributed by atoms with E-state index in [4.69, 9.17) is 0 Å². The molecular weight excluding hydrogens is 120 g/mol. The zero-order chi connectivity index (χ0) is 7.40. The molecule has 1 rings (SSSR count). The zero-order valence-electron chi connectivity index (χ0n) is 6.98. The van der Waals surface area contributed by atoms with Crippen LogP contribution in [0.1, 0.15) is 39.5 Å². The fourth-order valence-corrected chi connectivity index (χ4v) is 1.56. The third-order valence-corrected chi connectivity index (χ3v) is 2.18. The Morgan fingerprint density at radius 3 is 2.90 bits per heavy atom. The van der Waals surface area contributed by atoms with Gasteiger partial charge in [0, 0.05) is 0 Å². The van der Waals surface area contributed by atoms with Crippen molar-refractivity contribution >= 4 is 0 Å². The van der Waals surface area contributed by atoms with Crippen LogP contribution in [0.15, 0.2) is 23.3 Å². The zero-order valence-corrected chi connectivity index (χ0v) is 6.98. The Hall–Kier alpha value is -0.520. The van der Waals surface area contributed by atoms with Crippen molar-refractivity contribution in [2.45, 2.75) is 39.5 Å². The van der Waals surface area contributed by atoms with E-state index >= 15 is 0 Å². The summed E-state index contributed by atoms with van der Waals surface area (Å²) in [4.78, 5) is 0. The summed E-state index contributed by atoms with van der Waals surface area (Å²) >= 11 is 0. The first-order chi connectivity index (χ1) is 4.88. The molecule has 0 radical (unpaired) electrons. The molecule has 0 fully saturated rings. The number of hydrogen-bond donors (Lipinski definition) is 0. The number of allylic oxidation sites excluding steroid dienone is 4. The van der Waals surface area contributed by atoms with Crippen LogP contribution in [0.5, 0.6) is 0 Å². The fourth-order valence-electron chi connectivity index (χ4n) is 1.56. The van der Waals surface area contributed by atoms with Crippen molar-refractivity contribution in [3.05, 3.63) is 23.3 Å². The van der Waals surface area contributed by atoms with Gasteiger partial charge in [-0.3, -0.25) is 0 Å². The summed E-state index contributed by atoms with van der Waals surface area (Å²) in [7, 11) is 0. The van der Waals surface area contributed by atoms with Gasteiger partial charge in [0.05, 0.1) is 0 Å². The molecule has 0 bridgehead atoms. The highest BCUT2D eigenvalue weighted by molar-refractivity contribution is 5.32. The van der Waals surface area contributed by atoms with Crippen LogP contribution in [-0.4, -0.2) is 0 Å². The van der Waals surface area contributed by atoms with Crippen molar-refractivity contribution in [3.63, 3.8) is 0 Å². The monoisotopic (exact) mass is 136 g/mol. The maximum Gasteiger partial charge on any atom is -0.0277 e. The predicted octanol–water partition coefficient (Wildman–Crippen LogP) is 3.45. The van der Waals surface area contributed by atoms with Gasteiger partial charge in [0.1, 0.15) is 0 Å². The number of hydrogen-bond acceptors (Lipinski definition) is 0. The molecule has 1 aliphatic carbocycles. The van der Waals surface area contributed by atoms with Crippen LogP contribution in [0.4, 0.5) is 0 Å². The molecule has 0 N–H and O–H groups in total. The van der Waals surface area contributed by atoms with Gasteiger partial charge in [-0.05, 0) is 43.8 Å². The summed E-state index contributed by atoms with van der Waals surface area (Å²) in [5.74, 6) is 0. The largest absolute Gasteiger partial charge is 0.0842 e. The minimum absolute atomic E-state index is 1.21. The molecule has 0 heteroatoms. The van der Waals surface area contributed by atoms with E-state index in [2.05, 4.69) is 26.0 Å². The second-order valence-electron chi connectivity index (χ2n) is 2.79. The van der Waals surface area contributed by atoms with E-state index in [1.165, 1.54) is 25.7 Å². The highest BCUT2D eigenvalue weighted by Gasteiger charge is 2.05. The highest BCUT2D eigenvalue weighted by atomic mass is 14.1. The Morgan fingerprint density at radius 2 is 2.40 bits per heavy atom. The molecule has 0 saturated heterocycles. The van der Waals surface area contributed by atoms with E-state index in [0.717, 1.165) is 0 Å². The predicted molar refractivity (Wildman–Crippen MR) is 46.0 cm³/mol. The van der Waals surface area contributed by atoms with Crippen LogP contribution in [0.3, 0.4) is 0 Å². The van der Waals surface area contributed by atoms with E-state index in [9.17, 15) is 0 Å². The molecule has 10 heavy (non-hydrogen) atoms. The van der Waals surface area contributed by atoms with Crippen LogP contribution in [0.2, 0.25) is 0 Å². The summed E-state index contributed by atoms with van der Waals surface area (Å²) in [5.41, 5.74) is 3.16. The maximum absolute atomic E-state index is 2.39. The lowest BCUT2D eigenvalue weighted by Crippen LogP contribution is -1.94. The fraction of sp³-hybridized carbons (Fsp3) is 0.600. The van der Waals surface area contributed by atoms with Crippen LogP contribution in [-0.2, 0) is 0 Å². The van der Waals surface area contributed by atoms with Crippen molar-refractivity contribution in [2.75, 3.05) is 0 Å². The van der Waals surface area contributed by atoms with Crippen LogP contribution in [0, 0.1) is 0 Å². The Bertz CT molecular complexity index is 161. The van der Waals surface area contributed by atoms with Crippen LogP contribution < -0.4 is 0 Å². The van der Waals surface area contributed by atoms with Crippen LogP contribution >= 0.6 is 0 Å². The standard InChI is InChI=1S/C10H16/c1-3-9-7-5-6-8-10(9)4-2/h3,8H,4-7H2,1-2H3. The lowest BCUT2D eigenvalue weighted by molar-refractivity contribution is 0.784. The van der Waals surface area contributed by atoms with Crippen molar-refractivity contribution in [3.8, 4) is 0 Å². The van der Waals surface area contributed by atoms with E-state index < -0.39 is 0 Å². The van der Waals surface area contributed by atoms with Crippen molar-refractivity contribution in [1.29, 1.82) is 0 Å². The van der Waals surface area contributed by atoms with Gasteiger partial charge in [-0.15, -0.1) is 0 Å². The Morgan fingerprint density at radius 1 is 1.60 bits per heavy atom. The average Bonchev–Trinajstić information content (AvgIpc) is 2.04. The molecule has 0 aromatic rings. The minimum Gasteiger partial charge on any atom is -0.0842 e. The summed E-state index contributed by atoms with van der Waals surface area (Å²) in [5, 5.41) is 0. The van der Waals surface area contributed by atoms with Gasteiger partial charge in [0.2, 0.25) is 0 Å². The molecule has 1 aliphatic rings. The third-order valence-electron chi connectivity index (χ3n) is 2.18. The molecule has 56 valence electrons. The SMILES string of the molecule is CC=C1CCCC=C1CC. The van der Waals surface area contributed by atoms with Crippen molar-refractivity contribution < 1.29 is 0 Å². The summed E-state index contributed by atoms with van der Waals surface area (Å²) in [6.07, 6.45) is 9.80. The van der Waals surface area contributed by atoms with Gasteiger partial charge >= 0.3 is 0 Å². The van der Waals surface area contributed by atoms with Crippen molar-refractivity contribution in [2.24, 2.45) is 0 Å². The maximum atomic E-state index is 2.39. The molecule has 0 amide bonds. The first-order valence-corrected chi connectivity index (χ1v) is 4.23. The van der Waals surface area contributed by atoms with Gasteiger partial charge in [-0.25, -0.2) is 0 Å². The summed E-state index contributed by atoms with van der Waals surface area (Å²) in [6.45, 7) is 4.38. The van der Waals surface area contributed by atoms with Crippen LogP contribution in [0.25, 0.3) is 0 Å². The second-order valence-corrected chi connectivity index (χ2v) is 2.79. The molecule has 0 aromatic heterocycles. The molecule has 0 spiro atoms. The first kappa shape index (κ1) is 7.59. The lowest BCUT2D eigenvalue weighted by atomic mass is 9.92. The Labute approximate surface area is 63.6 Å². The van der Waals surface area contributed by atoms with E-state index in [-0.39, 0.29) is 0 Å². The third kappa shape index (κ3) is 1.50. The summed E-state index contributed by atoms with van der Waals surface area (Å²) in [6, 6.07) is 0. The first-order valence-electron chi connectivity index (χ1n) is 4.23. The normalized spacial score (nSPS) is 23.0. The molecule has 0 aliphatic heterocycles. The van der Waals surface area contributed by atoms with Gasteiger partial charge < -0.3 is 0 Å². The van der Waals surface area contributed by atoms with Gasteiger partial charge in [-0.2, -0.15) is 0 Å². The minimum atomic E-state index is 1.21. The molecule has 0 unspecified atom stereocenters. The summed E-state index contributed by atoms with van der Waals surface area (Å²) < 4.78 is 0. The Balaban J connectivity index is 2.72. The highest BCUT2D eigenvalue weighted by Crippen LogP contribution is 2.25. The molecule has 0 aromatic carbocycles. The Kier molecular flexibility index (Phi) is 2.73. The second kappa shape index (κ2) is 3.60. The lowest BCUT2D eigenvalue weighted by Gasteiger charge is -2.14. The van der Waals surface area contributed by atoms with Gasteiger partial charge in [0.25, 0.3) is 0 Å². The molecule has 0 atom stereocenters. The van der Waals surface area contributed by atoms with E-state index in [1.807, 2.05) is 0 Å². The van der Waals surface area contributed by atoms with E-state index in [0.29, 0.717) is 0 Å². The van der Waals surface area contributed by atoms with Crippen molar-refractivity contribution in [1.82, 2.24) is 0 Å². The molecular formula is C10H16. The van der Waals surface area contributed by atoms with E-state index in [1.54, 1.807) is 11.1 Å². The van der Waals surface area contributed by atoms with Gasteiger partial charge in [0.15, 0.2) is 0 Å². The topological polar surface area (TPSA) is 0 Å². The van der Waals surface area contributed by atoms with Gasteiger partial charge in [-0.1, -0.05) is 19.1 Å². The average molecular weight is 136 g/mol. The number of rotatable bonds is 1. The molecule has 0 nitrogen and oxygen atoms in total.